The first-order chi connectivity index (χ1) is 21.9. The fourth-order valence-corrected chi connectivity index (χ4v) is 5.41. The van der Waals surface area contributed by atoms with Crippen LogP contribution in [0.25, 0.3) is 11.3 Å². The Labute approximate surface area is 267 Å². The number of hydrogen-bond acceptors (Lipinski definition) is 6. The van der Waals surface area contributed by atoms with Gasteiger partial charge in [-0.3, -0.25) is 9.59 Å². The van der Waals surface area contributed by atoms with Gasteiger partial charge in [-0.25, -0.2) is 14.2 Å². The predicted molar refractivity (Wildman–Crippen MR) is 172 cm³/mol. The SMILES string of the molecule is Cc1ccc(Nc2c(-c3ccc(F)cc3)nc3n2CCN(C(=O)[C@@H](NC(=O)OC(C)(C)C)C(Cc2ccccc2)C(=O)O)C3)cc1. The second-order valence-corrected chi connectivity index (χ2v) is 12.4. The van der Waals surface area contributed by atoms with Crippen molar-refractivity contribution in [1.29, 1.82) is 0 Å². The summed E-state index contributed by atoms with van der Waals surface area (Å²) in [5, 5.41) is 16.3. The first kappa shape index (κ1) is 32.2. The Morgan fingerprint density at radius 1 is 0.978 bits per heavy atom. The van der Waals surface area contributed by atoms with Crippen molar-refractivity contribution in [2.75, 3.05) is 11.9 Å². The molecule has 46 heavy (non-hydrogen) atoms. The van der Waals surface area contributed by atoms with E-state index in [9.17, 15) is 23.9 Å². The first-order valence-electron chi connectivity index (χ1n) is 15.1. The standard InChI is InChI=1S/C35H38FN5O5/c1-22-10-16-26(17-11-22)37-31-29(24-12-14-25(36)15-13-24)38-28-21-40(18-19-41(28)31)32(42)30(39-34(45)46-35(2,3)4)27(33(43)44)20-23-8-6-5-7-9-23/h5-17,27,30,37H,18-21H2,1-4H3,(H,39,45)(H,43,44)/t27?,30-/m0/s1. The average molecular weight is 628 g/mol. The van der Waals surface area contributed by atoms with Crippen LogP contribution in [0.5, 0.6) is 0 Å². The minimum absolute atomic E-state index is 0.0180. The zero-order valence-electron chi connectivity index (χ0n) is 26.3. The Hall–Kier alpha value is -5.19. The number of alkyl carbamates (subject to hydrolysis) is 1. The molecule has 2 amide bonds. The van der Waals surface area contributed by atoms with E-state index >= 15 is 0 Å². The number of aliphatic carboxylic acids is 1. The van der Waals surface area contributed by atoms with Gasteiger partial charge in [0.05, 0.1) is 12.5 Å². The fourth-order valence-electron chi connectivity index (χ4n) is 5.41. The molecule has 10 nitrogen and oxygen atoms in total. The molecule has 0 aliphatic carbocycles. The molecule has 1 aliphatic rings. The number of aryl methyl sites for hydroxylation is 1. The molecular formula is C35H38FN5O5. The minimum atomic E-state index is -1.41. The number of carboxylic acids is 1. The van der Waals surface area contributed by atoms with Crippen LogP contribution in [0.2, 0.25) is 0 Å². The van der Waals surface area contributed by atoms with E-state index in [0.717, 1.165) is 11.3 Å². The van der Waals surface area contributed by atoms with Crippen LogP contribution >= 0.6 is 0 Å². The summed E-state index contributed by atoms with van der Waals surface area (Å²) in [5.74, 6) is -2.17. The second-order valence-electron chi connectivity index (χ2n) is 12.4. The van der Waals surface area contributed by atoms with Crippen molar-refractivity contribution in [3.05, 3.63) is 102 Å². The monoisotopic (exact) mass is 627 g/mol. The Morgan fingerprint density at radius 3 is 2.28 bits per heavy atom. The molecule has 0 saturated heterocycles. The van der Waals surface area contributed by atoms with Gasteiger partial charge in [0.2, 0.25) is 5.91 Å². The predicted octanol–water partition coefficient (Wildman–Crippen LogP) is 5.92. The van der Waals surface area contributed by atoms with E-state index in [4.69, 9.17) is 9.72 Å². The molecule has 1 unspecified atom stereocenters. The van der Waals surface area contributed by atoms with Crippen molar-refractivity contribution in [3.63, 3.8) is 0 Å². The number of imidazole rings is 1. The lowest BCUT2D eigenvalue weighted by molar-refractivity contribution is -0.148. The topological polar surface area (TPSA) is 126 Å². The third-order valence-corrected chi connectivity index (χ3v) is 7.67. The van der Waals surface area contributed by atoms with E-state index in [1.807, 2.05) is 41.8 Å². The van der Waals surface area contributed by atoms with E-state index in [1.165, 1.54) is 17.0 Å². The van der Waals surface area contributed by atoms with Crippen LogP contribution in [0, 0.1) is 18.7 Å². The number of fused-ring (bicyclic) bond motifs is 1. The second kappa shape index (κ2) is 13.4. The lowest BCUT2D eigenvalue weighted by atomic mass is 9.91. The number of rotatable bonds is 9. The van der Waals surface area contributed by atoms with Crippen LogP contribution in [0.3, 0.4) is 0 Å². The number of halogens is 1. The summed E-state index contributed by atoms with van der Waals surface area (Å²) >= 11 is 0. The Kier molecular flexibility index (Phi) is 9.41. The highest BCUT2D eigenvalue weighted by atomic mass is 19.1. The third-order valence-electron chi connectivity index (χ3n) is 7.67. The maximum absolute atomic E-state index is 14.2. The Bertz CT molecular complexity index is 1700. The number of benzene rings is 3. The lowest BCUT2D eigenvalue weighted by Crippen LogP contribution is -2.56. The molecule has 11 heteroatoms. The summed E-state index contributed by atoms with van der Waals surface area (Å²) in [4.78, 5) is 46.1. The summed E-state index contributed by atoms with van der Waals surface area (Å²) in [6.07, 6.45) is -0.865. The molecule has 0 spiro atoms. The molecule has 5 rings (SSSR count). The Balaban J connectivity index is 1.47. The van der Waals surface area contributed by atoms with Gasteiger partial charge in [-0.15, -0.1) is 0 Å². The van der Waals surface area contributed by atoms with Crippen molar-refractivity contribution in [1.82, 2.24) is 19.8 Å². The van der Waals surface area contributed by atoms with Crippen LogP contribution in [0.4, 0.5) is 20.7 Å². The molecule has 3 aromatic carbocycles. The van der Waals surface area contributed by atoms with Gasteiger partial charge in [0.25, 0.3) is 0 Å². The summed E-state index contributed by atoms with van der Waals surface area (Å²) in [7, 11) is 0. The molecule has 1 aromatic heterocycles. The van der Waals surface area contributed by atoms with E-state index in [2.05, 4.69) is 10.6 Å². The van der Waals surface area contributed by atoms with Gasteiger partial charge in [-0.05, 0) is 76.1 Å². The van der Waals surface area contributed by atoms with Gasteiger partial charge >= 0.3 is 12.1 Å². The number of ether oxygens (including phenoxy) is 1. The van der Waals surface area contributed by atoms with Crippen LogP contribution < -0.4 is 10.6 Å². The van der Waals surface area contributed by atoms with Crippen molar-refractivity contribution in [3.8, 4) is 11.3 Å². The third kappa shape index (κ3) is 7.71. The quantitative estimate of drug-likeness (QED) is 0.210. The molecule has 0 radical (unpaired) electrons. The van der Waals surface area contributed by atoms with Crippen molar-refractivity contribution >= 4 is 29.5 Å². The zero-order chi connectivity index (χ0) is 33.0. The van der Waals surface area contributed by atoms with Crippen molar-refractivity contribution in [2.24, 2.45) is 5.92 Å². The van der Waals surface area contributed by atoms with E-state index < -0.39 is 35.5 Å². The normalized spacial score (nSPS) is 14.2. The van der Waals surface area contributed by atoms with Gasteiger partial charge in [0.1, 0.15) is 34.8 Å². The summed E-state index contributed by atoms with van der Waals surface area (Å²) in [5.41, 5.74) is 3.07. The van der Waals surface area contributed by atoms with Gasteiger partial charge in [0.15, 0.2) is 0 Å². The molecule has 4 aromatic rings. The highest BCUT2D eigenvalue weighted by Gasteiger charge is 2.40. The zero-order valence-corrected chi connectivity index (χ0v) is 26.3. The van der Waals surface area contributed by atoms with Crippen molar-refractivity contribution in [2.45, 2.75) is 58.8 Å². The average Bonchev–Trinajstić information content (AvgIpc) is 3.36. The largest absolute Gasteiger partial charge is 0.481 e. The van der Waals surface area contributed by atoms with Gasteiger partial charge < -0.3 is 29.9 Å². The number of anilines is 2. The smallest absolute Gasteiger partial charge is 0.408 e. The van der Waals surface area contributed by atoms with Crippen LogP contribution in [0.1, 0.15) is 37.7 Å². The lowest BCUT2D eigenvalue weighted by Gasteiger charge is -2.34. The summed E-state index contributed by atoms with van der Waals surface area (Å²) in [6, 6.07) is 21.5. The Morgan fingerprint density at radius 2 is 1.65 bits per heavy atom. The number of nitrogens with zero attached hydrogens (tertiary/aromatic N) is 3. The van der Waals surface area contributed by atoms with Gasteiger partial charge in [0, 0.05) is 24.3 Å². The van der Waals surface area contributed by atoms with Crippen LogP contribution in [-0.4, -0.2) is 55.7 Å². The molecule has 2 heterocycles. The van der Waals surface area contributed by atoms with Crippen molar-refractivity contribution < 1.29 is 28.6 Å². The fraction of sp³-hybridized carbons (Fsp3) is 0.314. The highest BCUT2D eigenvalue weighted by Crippen LogP contribution is 2.34. The van der Waals surface area contributed by atoms with Crippen LogP contribution in [0.15, 0.2) is 78.9 Å². The molecular weight excluding hydrogens is 589 g/mol. The number of nitrogens with one attached hydrogen (secondary N) is 2. The molecule has 0 bridgehead atoms. The number of carbonyl (C=O) groups is 3. The van der Waals surface area contributed by atoms with E-state index in [-0.39, 0.29) is 25.3 Å². The van der Waals surface area contributed by atoms with Gasteiger partial charge in [-0.2, -0.15) is 0 Å². The summed E-state index contributed by atoms with van der Waals surface area (Å²) < 4.78 is 21.2. The number of carbonyl (C=O) groups excluding carboxylic acids is 2. The molecule has 2 atom stereocenters. The molecule has 1 aliphatic heterocycles. The van der Waals surface area contributed by atoms with Crippen LogP contribution in [-0.2, 0) is 33.8 Å². The molecule has 0 fully saturated rings. The maximum Gasteiger partial charge on any atom is 0.408 e. The minimum Gasteiger partial charge on any atom is -0.481 e. The van der Waals surface area contributed by atoms with Gasteiger partial charge in [-0.1, -0.05) is 48.0 Å². The highest BCUT2D eigenvalue weighted by molar-refractivity contribution is 5.91. The molecule has 240 valence electrons. The molecule has 3 N–H and O–H groups in total. The van der Waals surface area contributed by atoms with E-state index in [1.54, 1.807) is 57.2 Å². The number of carboxylic acid groups (broad SMARTS) is 1. The number of hydrogen-bond donors (Lipinski definition) is 3. The summed E-state index contributed by atoms with van der Waals surface area (Å²) in [6.45, 7) is 7.71. The number of aromatic nitrogens is 2. The number of amides is 2. The first-order valence-corrected chi connectivity index (χ1v) is 15.1. The molecule has 0 saturated carbocycles. The maximum atomic E-state index is 14.2. The van der Waals surface area contributed by atoms with E-state index in [0.29, 0.717) is 35.0 Å².